The van der Waals surface area contributed by atoms with Gasteiger partial charge in [0.25, 0.3) is 0 Å². The molecule has 0 spiro atoms. The van der Waals surface area contributed by atoms with Crippen molar-refractivity contribution in [1.29, 1.82) is 0 Å². The quantitative estimate of drug-likeness (QED) is 0.358. The van der Waals surface area contributed by atoms with E-state index in [0.717, 1.165) is 6.42 Å². The van der Waals surface area contributed by atoms with E-state index in [1.165, 1.54) is 10.5 Å². The minimum Gasteiger partial charge on any atom is -0.356 e. The number of alkyl halides is 3. The number of hydrogen-bond donors (Lipinski definition) is 2. The number of nitrogens with zero attached hydrogens (tertiary/aromatic N) is 2. The van der Waals surface area contributed by atoms with Crippen LogP contribution in [-0.2, 0) is 5.41 Å². The molecule has 1 aromatic rings. The van der Waals surface area contributed by atoms with Crippen LogP contribution < -0.4 is 10.6 Å². The Morgan fingerprint density at radius 1 is 1.19 bits per heavy atom. The largest absolute Gasteiger partial charge is 0.401 e. The van der Waals surface area contributed by atoms with Gasteiger partial charge in [-0.3, -0.25) is 9.89 Å². The fourth-order valence-electron chi connectivity index (χ4n) is 3.23. The van der Waals surface area contributed by atoms with Crippen LogP contribution in [0.5, 0.6) is 0 Å². The van der Waals surface area contributed by atoms with Crippen LogP contribution in [0.3, 0.4) is 0 Å². The molecule has 0 aliphatic carbocycles. The topological polar surface area (TPSA) is 39.7 Å². The molecule has 1 saturated heterocycles. The molecule has 1 aliphatic rings. The second-order valence-corrected chi connectivity index (χ2v) is 7.56. The molecular weight excluding hydrogens is 468 g/mol. The first-order valence-corrected chi connectivity index (χ1v) is 8.99. The Hall–Kier alpha value is -1.03. The van der Waals surface area contributed by atoms with Gasteiger partial charge < -0.3 is 10.6 Å². The van der Waals surface area contributed by atoms with Crippen LogP contribution in [0.25, 0.3) is 0 Å². The van der Waals surface area contributed by atoms with Crippen molar-refractivity contribution in [1.82, 2.24) is 15.5 Å². The molecule has 0 amide bonds. The lowest BCUT2D eigenvalue weighted by Gasteiger charge is -2.27. The standard InChI is InChI=1S/C19H29F3N4.HI/c1-18(2,16-7-5-4-6-8-16)13-25-17(23-3)24-11-15-9-10-26(12-15)14-19(20,21)22;/h4-8,15H,9-14H2,1-3H3,(H2,23,24,25);1H. The van der Waals surface area contributed by atoms with Crippen LogP contribution in [0, 0.1) is 5.92 Å². The maximum atomic E-state index is 12.5. The summed E-state index contributed by atoms with van der Waals surface area (Å²) in [5, 5.41) is 6.58. The Morgan fingerprint density at radius 3 is 2.44 bits per heavy atom. The van der Waals surface area contributed by atoms with Gasteiger partial charge in [-0.05, 0) is 24.4 Å². The molecule has 0 saturated carbocycles. The van der Waals surface area contributed by atoms with Gasteiger partial charge in [0.05, 0.1) is 6.54 Å². The van der Waals surface area contributed by atoms with Crippen molar-refractivity contribution in [2.75, 3.05) is 39.8 Å². The van der Waals surface area contributed by atoms with E-state index >= 15 is 0 Å². The third-order valence-electron chi connectivity index (χ3n) is 4.81. The molecule has 4 nitrogen and oxygen atoms in total. The van der Waals surface area contributed by atoms with Crippen LogP contribution in [0.1, 0.15) is 25.8 Å². The van der Waals surface area contributed by atoms with Crippen LogP contribution >= 0.6 is 24.0 Å². The van der Waals surface area contributed by atoms with Crippen molar-refractivity contribution in [2.24, 2.45) is 10.9 Å². The van der Waals surface area contributed by atoms with Gasteiger partial charge in [0.15, 0.2) is 5.96 Å². The highest BCUT2D eigenvalue weighted by Gasteiger charge is 2.34. The molecular formula is C19H30F3IN4. The molecule has 8 heteroatoms. The number of benzene rings is 1. The van der Waals surface area contributed by atoms with E-state index in [2.05, 4.69) is 41.6 Å². The predicted octanol–water partition coefficient (Wildman–Crippen LogP) is 3.63. The summed E-state index contributed by atoms with van der Waals surface area (Å²) in [5.41, 5.74) is 1.18. The number of guanidine groups is 1. The first-order valence-electron chi connectivity index (χ1n) is 8.99. The van der Waals surface area contributed by atoms with Crippen molar-refractivity contribution in [3.8, 4) is 0 Å². The Bertz CT molecular complexity index is 590. The summed E-state index contributed by atoms with van der Waals surface area (Å²) in [5.74, 6) is 0.890. The first-order chi connectivity index (χ1) is 12.2. The SMILES string of the molecule is CN=C(NCC1CCN(CC(F)(F)F)C1)NCC(C)(C)c1ccccc1.I. The molecule has 1 aromatic carbocycles. The van der Waals surface area contributed by atoms with Crippen molar-refractivity contribution in [2.45, 2.75) is 31.9 Å². The van der Waals surface area contributed by atoms with Gasteiger partial charge in [-0.25, -0.2) is 0 Å². The van der Waals surface area contributed by atoms with E-state index in [4.69, 9.17) is 0 Å². The third-order valence-corrected chi connectivity index (χ3v) is 4.81. The van der Waals surface area contributed by atoms with Crippen molar-refractivity contribution in [3.05, 3.63) is 35.9 Å². The van der Waals surface area contributed by atoms with E-state index in [-0.39, 0.29) is 35.3 Å². The van der Waals surface area contributed by atoms with E-state index in [9.17, 15) is 13.2 Å². The van der Waals surface area contributed by atoms with E-state index in [1.807, 2.05) is 18.2 Å². The van der Waals surface area contributed by atoms with Gasteiger partial charge in [-0.15, -0.1) is 24.0 Å². The average molecular weight is 498 g/mol. The van der Waals surface area contributed by atoms with Gasteiger partial charge in [0, 0.05) is 32.1 Å². The molecule has 2 rings (SSSR count). The number of likely N-dealkylation sites (tertiary alicyclic amines) is 1. The molecule has 1 unspecified atom stereocenters. The summed E-state index contributed by atoms with van der Waals surface area (Å²) in [6.45, 7) is 5.81. The number of nitrogens with one attached hydrogen (secondary N) is 2. The predicted molar refractivity (Wildman–Crippen MR) is 115 cm³/mol. The summed E-state index contributed by atoms with van der Waals surface area (Å²) in [6.07, 6.45) is -3.35. The van der Waals surface area contributed by atoms with Gasteiger partial charge in [-0.1, -0.05) is 44.2 Å². The lowest BCUT2D eigenvalue weighted by atomic mass is 9.85. The first kappa shape index (κ1) is 24.0. The van der Waals surface area contributed by atoms with Crippen molar-refractivity contribution >= 4 is 29.9 Å². The Morgan fingerprint density at radius 2 is 1.85 bits per heavy atom. The summed E-state index contributed by atoms with van der Waals surface area (Å²) in [6, 6.07) is 10.3. The molecule has 2 N–H and O–H groups in total. The molecule has 1 aliphatic heterocycles. The number of rotatable bonds is 6. The Balaban J connectivity index is 0.00000364. The second kappa shape index (κ2) is 10.5. The van der Waals surface area contributed by atoms with E-state index in [1.54, 1.807) is 7.05 Å². The highest BCUT2D eigenvalue weighted by atomic mass is 127. The zero-order valence-electron chi connectivity index (χ0n) is 16.1. The molecule has 27 heavy (non-hydrogen) atoms. The smallest absolute Gasteiger partial charge is 0.356 e. The maximum Gasteiger partial charge on any atom is 0.401 e. The lowest BCUT2D eigenvalue weighted by molar-refractivity contribution is -0.143. The highest BCUT2D eigenvalue weighted by molar-refractivity contribution is 14.0. The average Bonchev–Trinajstić information content (AvgIpc) is 3.01. The fourth-order valence-corrected chi connectivity index (χ4v) is 3.23. The minimum atomic E-state index is -4.12. The lowest BCUT2D eigenvalue weighted by Crippen LogP contribution is -2.45. The normalized spacial score (nSPS) is 18.9. The van der Waals surface area contributed by atoms with Gasteiger partial charge in [0.2, 0.25) is 0 Å². The Kier molecular flexibility index (Phi) is 9.33. The summed E-state index contributed by atoms with van der Waals surface area (Å²) >= 11 is 0. The van der Waals surface area contributed by atoms with E-state index in [0.29, 0.717) is 32.1 Å². The van der Waals surface area contributed by atoms with Gasteiger partial charge >= 0.3 is 6.18 Å². The van der Waals surface area contributed by atoms with Gasteiger partial charge in [0.1, 0.15) is 0 Å². The molecule has 154 valence electrons. The molecule has 1 atom stereocenters. The maximum absolute atomic E-state index is 12.5. The van der Waals surface area contributed by atoms with Crippen LogP contribution in [0.2, 0.25) is 0 Å². The molecule has 1 heterocycles. The van der Waals surface area contributed by atoms with Gasteiger partial charge in [-0.2, -0.15) is 13.2 Å². The molecule has 0 radical (unpaired) electrons. The van der Waals surface area contributed by atoms with Crippen molar-refractivity contribution < 1.29 is 13.2 Å². The van der Waals surface area contributed by atoms with Crippen LogP contribution in [0.4, 0.5) is 13.2 Å². The third kappa shape index (κ3) is 8.25. The summed E-state index contributed by atoms with van der Waals surface area (Å²) in [7, 11) is 1.70. The Labute approximate surface area is 177 Å². The number of hydrogen-bond acceptors (Lipinski definition) is 2. The summed E-state index contributed by atoms with van der Waals surface area (Å²) in [4.78, 5) is 5.70. The van der Waals surface area contributed by atoms with Crippen molar-refractivity contribution in [3.63, 3.8) is 0 Å². The zero-order chi connectivity index (χ0) is 19.2. The summed E-state index contributed by atoms with van der Waals surface area (Å²) < 4.78 is 37.4. The number of aliphatic imine (C=N–C) groups is 1. The molecule has 0 bridgehead atoms. The highest BCUT2D eigenvalue weighted by Crippen LogP contribution is 2.23. The minimum absolute atomic E-state index is 0. The number of halogens is 4. The monoisotopic (exact) mass is 498 g/mol. The van der Waals surface area contributed by atoms with E-state index < -0.39 is 12.7 Å². The second-order valence-electron chi connectivity index (χ2n) is 7.56. The van der Waals surface area contributed by atoms with Crippen LogP contribution in [0.15, 0.2) is 35.3 Å². The molecule has 0 aromatic heterocycles. The fraction of sp³-hybridized carbons (Fsp3) is 0.632. The molecule has 1 fully saturated rings. The van der Waals surface area contributed by atoms with Crippen LogP contribution in [-0.4, -0.2) is 56.8 Å². The zero-order valence-corrected chi connectivity index (χ0v) is 18.5.